The number of anilines is 1. The third-order valence-corrected chi connectivity index (χ3v) is 2.52. The average Bonchev–Trinajstić information content (AvgIpc) is 2.73. The van der Waals surface area contributed by atoms with Gasteiger partial charge in [-0.2, -0.15) is 0 Å². The van der Waals surface area contributed by atoms with Crippen LogP contribution in [-0.4, -0.2) is 28.1 Å². The molecule has 0 fully saturated rings. The van der Waals surface area contributed by atoms with E-state index in [1.165, 1.54) is 4.68 Å². The summed E-state index contributed by atoms with van der Waals surface area (Å²) in [4.78, 5) is 0. The summed E-state index contributed by atoms with van der Waals surface area (Å²) in [5, 5.41) is 7.65. The van der Waals surface area contributed by atoms with Crippen molar-refractivity contribution in [3.8, 4) is 22.9 Å². The monoisotopic (exact) mass is 263 g/mol. The van der Waals surface area contributed by atoms with Gasteiger partial charge in [0.15, 0.2) is 17.3 Å². The number of benzene rings is 1. The summed E-state index contributed by atoms with van der Waals surface area (Å²) in [5.41, 5.74) is 6.32. The number of ether oxygens (including phenoxy) is 2. The van der Waals surface area contributed by atoms with E-state index in [2.05, 4.69) is 10.2 Å². The maximum atomic E-state index is 5.75. The maximum Gasteiger partial charge on any atom is 0.241 e. The van der Waals surface area contributed by atoms with Crippen LogP contribution in [0.25, 0.3) is 11.4 Å². The highest BCUT2D eigenvalue weighted by atomic mass is 16.5. The summed E-state index contributed by atoms with van der Waals surface area (Å²) in [6, 6.07) is 5.45. The van der Waals surface area contributed by atoms with Gasteiger partial charge in [-0.25, -0.2) is 4.68 Å². The smallest absolute Gasteiger partial charge is 0.241 e. The number of aromatic nitrogens is 3. The molecule has 19 heavy (non-hydrogen) atoms. The van der Waals surface area contributed by atoms with Gasteiger partial charge in [-0.3, -0.25) is 0 Å². The molecule has 0 aliphatic heterocycles. The lowest BCUT2D eigenvalue weighted by Gasteiger charge is -2.12. The van der Waals surface area contributed by atoms with E-state index in [1.807, 2.05) is 26.0 Å². The predicted octanol–water partition coefficient (Wildman–Crippen LogP) is 1.04. The largest absolute Gasteiger partial charge is 0.490 e. The van der Waals surface area contributed by atoms with Gasteiger partial charge in [0.25, 0.3) is 0 Å². The number of hydrogen-bond donors (Lipinski definition) is 2. The molecule has 0 atom stereocenters. The van der Waals surface area contributed by atoms with Crippen molar-refractivity contribution < 1.29 is 9.47 Å². The van der Waals surface area contributed by atoms with Gasteiger partial charge in [0, 0.05) is 5.56 Å². The van der Waals surface area contributed by atoms with Gasteiger partial charge in [0.2, 0.25) is 5.95 Å². The summed E-state index contributed by atoms with van der Waals surface area (Å²) in [7, 11) is 0. The Kier molecular flexibility index (Phi) is 3.74. The molecule has 1 heterocycles. The SMILES string of the molecule is CCOc1ccc(-c2nnc(N)n2N)cc1OCC. The molecule has 1 aromatic carbocycles. The van der Waals surface area contributed by atoms with Gasteiger partial charge in [0.1, 0.15) is 0 Å². The minimum absolute atomic E-state index is 0.154. The van der Waals surface area contributed by atoms with Crippen LogP contribution < -0.4 is 21.1 Å². The van der Waals surface area contributed by atoms with Crippen LogP contribution >= 0.6 is 0 Å². The Morgan fingerprint density at radius 3 is 2.37 bits per heavy atom. The fraction of sp³-hybridized carbons (Fsp3) is 0.333. The van der Waals surface area contributed by atoms with E-state index >= 15 is 0 Å². The van der Waals surface area contributed by atoms with E-state index < -0.39 is 0 Å². The van der Waals surface area contributed by atoms with Crippen molar-refractivity contribution in [2.45, 2.75) is 13.8 Å². The Balaban J connectivity index is 2.42. The molecule has 0 saturated carbocycles. The minimum Gasteiger partial charge on any atom is -0.490 e. The second kappa shape index (κ2) is 5.47. The average molecular weight is 263 g/mol. The van der Waals surface area contributed by atoms with Crippen LogP contribution in [0, 0.1) is 0 Å². The van der Waals surface area contributed by atoms with E-state index in [9.17, 15) is 0 Å². The molecular weight excluding hydrogens is 246 g/mol. The molecule has 0 radical (unpaired) electrons. The zero-order chi connectivity index (χ0) is 13.8. The van der Waals surface area contributed by atoms with Crippen LogP contribution in [0.1, 0.15) is 13.8 Å². The van der Waals surface area contributed by atoms with Gasteiger partial charge >= 0.3 is 0 Å². The Morgan fingerprint density at radius 2 is 1.79 bits per heavy atom. The van der Waals surface area contributed by atoms with Crippen LogP contribution in [-0.2, 0) is 0 Å². The molecule has 2 aromatic rings. The topological polar surface area (TPSA) is 101 Å². The standard InChI is InChI=1S/C12H17N5O2/c1-3-18-9-6-5-8(7-10(9)19-4-2)11-15-16-12(13)17(11)14/h5-7H,3-4,14H2,1-2H3,(H2,13,16). The molecule has 0 aliphatic rings. The van der Waals surface area contributed by atoms with Crippen LogP contribution in [0.5, 0.6) is 11.5 Å². The van der Waals surface area contributed by atoms with Crippen molar-refractivity contribution in [1.82, 2.24) is 14.9 Å². The molecule has 0 spiro atoms. The molecule has 7 heteroatoms. The Morgan fingerprint density at radius 1 is 1.11 bits per heavy atom. The number of nitrogen functional groups attached to an aromatic ring is 2. The van der Waals surface area contributed by atoms with Gasteiger partial charge in [0.05, 0.1) is 13.2 Å². The van der Waals surface area contributed by atoms with Crippen LogP contribution in [0.2, 0.25) is 0 Å². The molecule has 0 unspecified atom stereocenters. The number of rotatable bonds is 5. The highest BCUT2D eigenvalue weighted by Crippen LogP contribution is 2.32. The second-order valence-electron chi connectivity index (χ2n) is 3.78. The van der Waals surface area contributed by atoms with Crippen molar-refractivity contribution in [3.05, 3.63) is 18.2 Å². The first-order valence-corrected chi connectivity index (χ1v) is 6.03. The molecule has 1 aromatic heterocycles. The molecule has 102 valence electrons. The fourth-order valence-corrected chi connectivity index (χ4v) is 1.69. The summed E-state index contributed by atoms with van der Waals surface area (Å²) >= 11 is 0. The van der Waals surface area contributed by atoms with E-state index in [0.717, 1.165) is 5.56 Å². The van der Waals surface area contributed by atoms with E-state index in [1.54, 1.807) is 6.07 Å². The van der Waals surface area contributed by atoms with Gasteiger partial charge in [-0.15, -0.1) is 10.2 Å². The van der Waals surface area contributed by atoms with E-state index in [-0.39, 0.29) is 5.95 Å². The molecule has 0 saturated heterocycles. The molecule has 4 N–H and O–H groups in total. The van der Waals surface area contributed by atoms with E-state index in [4.69, 9.17) is 21.1 Å². The van der Waals surface area contributed by atoms with Gasteiger partial charge in [-0.1, -0.05) is 0 Å². The molecule has 7 nitrogen and oxygen atoms in total. The van der Waals surface area contributed by atoms with Crippen LogP contribution in [0.15, 0.2) is 18.2 Å². The molecule has 0 aliphatic carbocycles. The zero-order valence-corrected chi connectivity index (χ0v) is 11.0. The Hall–Kier alpha value is -2.44. The highest BCUT2D eigenvalue weighted by molar-refractivity contribution is 5.62. The Labute approximate surface area is 111 Å². The quantitative estimate of drug-likeness (QED) is 0.781. The number of hydrogen-bond acceptors (Lipinski definition) is 6. The lowest BCUT2D eigenvalue weighted by molar-refractivity contribution is 0.288. The molecular formula is C12H17N5O2. The first kappa shape index (κ1) is 13.0. The van der Waals surface area contributed by atoms with E-state index in [0.29, 0.717) is 30.5 Å². The summed E-state index contributed by atoms with van der Waals surface area (Å²) in [6.45, 7) is 4.94. The normalized spacial score (nSPS) is 10.4. The first-order valence-electron chi connectivity index (χ1n) is 6.03. The van der Waals surface area contributed by atoms with Crippen LogP contribution in [0.3, 0.4) is 0 Å². The Bertz CT molecular complexity index is 567. The van der Waals surface area contributed by atoms with Crippen molar-refractivity contribution in [2.75, 3.05) is 24.8 Å². The van der Waals surface area contributed by atoms with Crippen molar-refractivity contribution in [3.63, 3.8) is 0 Å². The summed E-state index contributed by atoms with van der Waals surface area (Å²) in [6.07, 6.45) is 0. The van der Waals surface area contributed by atoms with Crippen molar-refractivity contribution in [1.29, 1.82) is 0 Å². The summed E-state index contributed by atoms with van der Waals surface area (Å²) in [5.74, 6) is 7.70. The van der Waals surface area contributed by atoms with Crippen molar-refractivity contribution in [2.24, 2.45) is 0 Å². The third-order valence-electron chi connectivity index (χ3n) is 2.52. The van der Waals surface area contributed by atoms with Crippen molar-refractivity contribution >= 4 is 5.95 Å². The molecule has 0 amide bonds. The maximum absolute atomic E-state index is 5.75. The second-order valence-corrected chi connectivity index (χ2v) is 3.78. The highest BCUT2D eigenvalue weighted by Gasteiger charge is 2.13. The lowest BCUT2D eigenvalue weighted by atomic mass is 10.2. The van der Waals surface area contributed by atoms with Gasteiger partial charge < -0.3 is 21.1 Å². The minimum atomic E-state index is 0.154. The third kappa shape index (κ3) is 2.54. The fourth-order valence-electron chi connectivity index (χ4n) is 1.69. The first-order chi connectivity index (χ1) is 9.17. The number of nitrogens with two attached hydrogens (primary N) is 2. The number of nitrogens with zero attached hydrogens (tertiary/aromatic N) is 3. The van der Waals surface area contributed by atoms with Gasteiger partial charge in [-0.05, 0) is 32.0 Å². The predicted molar refractivity (Wildman–Crippen MR) is 72.4 cm³/mol. The zero-order valence-electron chi connectivity index (χ0n) is 11.0. The molecule has 2 rings (SSSR count). The summed E-state index contributed by atoms with van der Waals surface area (Å²) < 4.78 is 12.3. The molecule has 0 bridgehead atoms. The van der Waals surface area contributed by atoms with Crippen LogP contribution in [0.4, 0.5) is 5.95 Å². The lowest BCUT2D eigenvalue weighted by Crippen LogP contribution is -2.13.